The second kappa shape index (κ2) is 8.00. The Bertz CT molecular complexity index is 1090. The molecule has 3 aromatic rings. The Balaban J connectivity index is 1.53. The molecule has 0 spiro atoms. The smallest absolute Gasteiger partial charge is 0.337 e. The maximum absolute atomic E-state index is 11.6. The lowest BCUT2D eigenvalue weighted by Gasteiger charge is -2.16. The van der Waals surface area contributed by atoms with E-state index < -0.39 is 28.9 Å². The maximum Gasteiger partial charge on any atom is 0.337 e. The molecule has 154 valence electrons. The Labute approximate surface area is 167 Å². The minimum Gasteiger partial charge on any atom is -0.389 e. The van der Waals surface area contributed by atoms with Gasteiger partial charge in [0.15, 0.2) is 23.2 Å². The van der Waals surface area contributed by atoms with Crippen LogP contribution in [0.1, 0.15) is 18.2 Å². The van der Waals surface area contributed by atoms with Gasteiger partial charge in [-0.3, -0.25) is 8.75 Å². The number of fused-ring (bicyclic) bond motifs is 1. The predicted molar refractivity (Wildman–Crippen MR) is 103 cm³/mol. The minimum atomic E-state index is -4.01. The molecule has 3 heterocycles. The number of hydrogen-bond acceptors (Lipinski definition) is 9. The van der Waals surface area contributed by atoms with Crippen molar-refractivity contribution < 1.29 is 22.4 Å². The van der Waals surface area contributed by atoms with Crippen LogP contribution in [0.4, 0.5) is 5.82 Å². The summed E-state index contributed by atoms with van der Waals surface area (Å²) in [5, 5.41) is 13.4. The van der Waals surface area contributed by atoms with Gasteiger partial charge in [-0.1, -0.05) is 30.3 Å². The normalized spacial score (nSPS) is 22.2. The Morgan fingerprint density at radius 2 is 2.07 bits per heavy atom. The summed E-state index contributed by atoms with van der Waals surface area (Å²) in [4.78, 5) is 12.9. The van der Waals surface area contributed by atoms with Gasteiger partial charge in [0.05, 0.1) is 19.5 Å². The summed E-state index contributed by atoms with van der Waals surface area (Å²) in [6.07, 6.45) is 0.234. The first-order valence-electron chi connectivity index (χ1n) is 8.83. The van der Waals surface area contributed by atoms with E-state index in [1.54, 1.807) is 4.57 Å². The quantitative estimate of drug-likeness (QED) is 0.499. The van der Waals surface area contributed by atoms with Gasteiger partial charge < -0.3 is 15.2 Å². The van der Waals surface area contributed by atoms with Crippen LogP contribution in [-0.2, 0) is 25.8 Å². The van der Waals surface area contributed by atoms with Crippen molar-refractivity contribution in [2.75, 3.05) is 12.4 Å². The first-order chi connectivity index (χ1) is 14.0. The van der Waals surface area contributed by atoms with Crippen LogP contribution in [0.25, 0.3) is 11.2 Å². The molecule has 2 aromatic heterocycles. The molecule has 0 saturated carbocycles. The molecule has 29 heavy (non-hydrogen) atoms. The molecule has 0 unspecified atom stereocenters. The van der Waals surface area contributed by atoms with Crippen molar-refractivity contribution in [3.8, 4) is 0 Å². The Morgan fingerprint density at radius 1 is 1.28 bits per heavy atom. The van der Waals surface area contributed by atoms with Crippen molar-refractivity contribution in [3.63, 3.8) is 0 Å². The van der Waals surface area contributed by atoms with Crippen molar-refractivity contribution in [1.82, 2.24) is 24.2 Å². The molecule has 0 aliphatic carbocycles. The van der Waals surface area contributed by atoms with Crippen molar-refractivity contribution in [3.05, 3.63) is 48.5 Å². The van der Waals surface area contributed by atoms with E-state index in [-0.39, 0.29) is 6.42 Å². The van der Waals surface area contributed by atoms with Gasteiger partial charge >= 0.3 is 10.3 Å². The predicted octanol–water partition coefficient (Wildman–Crippen LogP) is 0.525. The van der Waals surface area contributed by atoms with Crippen molar-refractivity contribution in [2.45, 2.75) is 31.5 Å². The molecule has 0 radical (unpaired) electrons. The molecule has 11 nitrogen and oxygen atoms in total. The van der Waals surface area contributed by atoms with E-state index in [2.05, 4.69) is 29.2 Å². The molecule has 1 aromatic carbocycles. The number of nitrogens with one attached hydrogen (secondary N) is 2. The number of imidazole rings is 1. The van der Waals surface area contributed by atoms with Crippen molar-refractivity contribution in [1.29, 1.82) is 0 Å². The second-order valence-corrected chi connectivity index (χ2v) is 7.92. The largest absolute Gasteiger partial charge is 0.389 e. The monoisotopic (exact) mass is 420 g/mol. The van der Waals surface area contributed by atoms with E-state index in [0.717, 1.165) is 12.7 Å². The highest BCUT2D eigenvalue weighted by atomic mass is 32.2. The molecule has 1 aliphatic rings. The number of rotatable bonds is 7. The van der Waals surface area contributed by atoms with Gasteiger partial charge in [-0.15, -0.1) is 0 Å². The zero-order valence-electron chi connectivity index (χ0n) is 15.5. The number of benzene rings is 1. The second-order valence-electron chi connectivity index (χ2n) is 6.44. The van der Waals surface area contributed by atoms with E-state index in [9.17, 15) is 13.5 Å². The Hall–Kier alpha value is -2.64. The summed E-state index contributed by atoms with van der Waals surface area (Å²) in [5.41, 5.74) is 2.14. The number of ether oxygens (including phenoxy) is 1. The third-order valence-corrected chi connectivity index (χ3v) is 5.51. The van der Waals surface area contributed by atoms with E-state index in [1.807, 2.05) is 30.3 Å². The number of aromatic nitrogens is 4. The fourth-order valence-corrected chi connectivity index (χ4v) is 3.69. The lowest BCUT2D eigenvalue weighted by atomic mass is 10.2. The van der Waals surface area contributed by atoms with Gasteiger partial charge in [-0.2, -0.15) is 13.1 Å². The fraction of sp³-hybridized carbons (Fsp3) is 0.353. The molecular formula is C17H20N6O5S. The Kier molecular flexibility index (Phi) is 5.43. The van der Waals surface area contributed by atoms with Crippen LogP contribution in [0.3, 0.4) is 0 Å². The van der Waals surface area contributed by atoms with E-state index in [0.29, 0.717) is 23.5 Å². The van der Waals surface area contributed by atoms with Crippen molar-refractivity contribution in [2.24, 2.45) is 0 Å². The average Bonchev–Trinajstić information content (AvgIpc) is 3.31. The molecule has 3 N–H and O–H groups in total. The summed E-state index contributed by atoms with van der Waals surface area (Å²) >= 11 is 0. The van der Waals surface area contributed by atoms with Crippen LogP contribution in [0.2, 0.25) is 0 Å². The topological polar surface area (TPSA) is 140 Å². The third kappa shape index (κ3) is 4.21. The van der Waals surface area contributed by atoms with Crippen LogP contribution >= 0.6 is 0 Å². The summed E-state index contributed by atoms with van der Waals surface area (Å²) in [6, 6.07) is 9.86. The standard InChI is InChI=1S/C17H20N6O5S/c1-27-29(25,26)22-17-12(24)7-13(28-17)23-10-21-14-15(19-9-20-16(14)23)18-8-11-5-3-2-4-6-11/h2-6,9-10,12-13,17,22,24H,7-8H2,1H3,(H,18,19,20)/t12-,13+,17-/m0/s1. The number of anilines is 1. The van der Waals surface area contributed by atoms with E-state index in [1.165, 1.54) is 12.7 Å². The minimum absolute atomic E-state index is 0.152. The van der Waals surface area contributed by atoms with Gasteiger partial charge in [-0.25, -0.2) is 15.0 Å². The third-order valence-electron chi connectivity index (χ3n) is 4.55. The van der Waals surface area contributed by atoms with Gasteiger partial charge in [0.1, 0.15) is 12.6 Å². The van der Waals surface area contributed by atoms with Crippen LogP contribution < -0.4 is 10.0 Å². The number of hydrogen-bond donors (Lipinski definition) is 3. The van der Waals surface area contributed by atoms with Crippen LogP contribution in [0, 0.1) is 0 Å². The van der Waals surface area contributed by atoms with E-state index in [4.69, 9.17) is 4.74 Å². The van der Waals surface area contributed by atoms with Crippen LogP contribution in [0.15, 0.2) is 43.0 Å². The summed E-state index contributed by atoms with van der Waals surface area (Å²) in [5.74, 6) is 0.563. The molecule has 1 saturated heterocycles. The first-order valence-corrected chi connectivity index (χ1v) is 10.2. The molecule has 1 fully saturated rings. The number of aliphatic hydroxyl groups excluding tert-OH is 1. The zero-order chi connectivity index (χ0) is 20.4. The molecule has 0 amide bonds. The maximum atomic E-state index is 11.6. The lowest BCUT2D eigenvalue weighted by Crippen LogP contribution is -2.41. The zero-order valence-corrected chi connectivity index (χ0v) is 16.3. The Morgan fingerprint density at radius 3 is 2.83 bits per heavy atom. The fourth-order valence-electron chi connectivity index (χ4n) is 3.10. The van der Waals surface area contributed by atoms with Gasteiger partial charge in [0.25, 0.3) is 0 Å². The highest BCUT2D eigenvalue weighted by Gasteiger charge is 2.38. The summed E-state index contributed by atoms with van der Waals surface area (Å²) < 4.78 is 36.9. The first kappa shape index (κ1) is 19.7. The molecule has 12 heteroatoms. The highest BCUT2D eigenvalue weighted by molar-refractivity contribution is 7.84. The molecule has 1 aliphatic heterocycles. The molecule has 4 rings (SSSR count). The van der Waals surface area contributed by atoms with E-state index >= 15 is 0 Å². The molecule has 3 atom stereocenters. The van der Waals surface area contributed by atoms with Gasteiger partial charge in [0.2, 0.25) is 0 Å². The molecule has 0 bridgehead atoms. The summed E-state index contributed by atoms with van der Waals surface area (Å²) in [6.45, 7) is 0.569. The van der Waals surface area contributed by atoms with Gasteiger partial charge in [0, 0.05) is 13.0 Å². The highest BCUT2D eigenvalue weighted by Crippen LogP contribution is 2.31. The SMILES string of the molecule is COS(=O)(=O)N[C@H]1O[C@@H](n2cnc3c(NCc4ccccc4)ncnc32)C[C@@H]1O. The van der Waals surface area contributed by atoms with Crippen LogP contribution in [0.5, 0.6) is 0 Å². The lowest BCUT2D eigenvalue weighted by molar-refractivity contribution is -0.0237. The average molecular weight is 420 g/mol. The molecular weight excluding hydrogens is 400 g/mol. The van der Waals surface area contributed by atoms with Crippen LogP contribution in [-0.4, -0.2) is 52.5 Å². The van der Waals surface area contributed by atoms with Crippen molar-refractivity contribution >= 4 is 27.3 Å². The number of nitrogens with zero attached hydrogens (tertiary/aromatic N) is 4. The number of aliphatic hydroxyl groups is 1. The van der Waals surface area contributed by atoms with Gasteiger partial charge in [-0.05, 0) is 5.56 Å². The summed E-state index contributed by atoms with van der Waals surface area (Å²) in [7, 11) is -2.99.